The molecule has 1 aliphatic carbocycles. The number of amides is 1. The van der Waals surface area contributed by atoms with Crippen LogP contribution in [0.3, 0.4) is 0 Å². The molecule has 1 amide bonds. The topological polar surface area (TPSA) is 56.4 Å². The second-order valence-electron chi connectivity index (χ2n) is 7.60. The van der Waals surface area contributed by atoms with Gasteiger partial charge in [-0.05, 0) is 50.0 Å². The van der Waals surface area contributed by atoms with Crippen molar-refractivity contribution in [2.45, 2.75) is 50.6 Å². The number of hydrogen-bond acceptors (Lipinski definition) is 4. The Bertz CT molecular complexity index is 556. The van der Waals surface area contributed by atoms with Gasteiger partial charge in [-0.3, -0.25) is 4.79 Å². The van der Waals surface area contributed by atoms with Crippen LogP contribution in [0.15, 0.2) is 30.3 Å². The number of hydrogen-bond donors (Lipinski definition) is 3. The van der Waals surface area contributed by atoms with Crippen LogP contribution in [0.5, 0.6) is 0 Å². The molecule has 0 bridgehead atoms. The Morgan fingerprint density at radius 3 is 2.54 bits per heavy atom. The molecule has 0 radical (unpaired) electrons. The second-order valence-corrected chi connectivity index (χ2v) is 7.60. The molecule has 0 aromatic heterocycles. The van der Waals surface area contributed by atoms with E-state index in [1.807, 2.05) is 0 Å². The molecule has 5 nitrogen and oxygen atoms in total. The van der Waals surface area contributed by atoms with Crippen molar-refractivity contribution in [3.63, 3.8) is 0 Å². The zero-order valence-corrected chi connectivity index (χ0v) is 14.2. The summed E-state index contributed by atoms with van der Waals surface area (Å²) in [6.07, 6.45) is 6.47. The van der Waals surface area contributed by atoms with Crippen molar-refractivity contribution >= 4 is 5.91 Å². The van der Waals surface area contributed by atoms with Crippen molar-refractivity contribution in [2.75, 3.05) is 13.1 Å². The Morgan fingerprint density at radius 2 is 1.75 bits per heavy atom. The van der Waals surface area contributed by atoms with Gasteiger partial charge < -0.3 is 4.90 Å². The van der Waals surface area contributed by atoms with Crippen LogP contribution in [0, 0.1) is 11.8 Å². The SMILES string of the molecule is O=C(C1CCC2NNNC2C1)N1CCC(Cc2ccccc2)CC1. The third kappa shape index (κ3) is 3.48. The van der Waals surface area contributed by atoms with E-state index in [0.29, 0.717) is 18.0 Å². The number of piperidine rings is 1. The Hall–Kier alpha value is -1.43. The average Bonchev–Trinajstić information content (AvgIpc) is 3.10. The van der Waals surface area contributed by atoms with Gasteiger partial charge in [-0.15, -0.1) is 0 Å². The largest absolute Gasteiger partial charge is 0.342 e. The van der Waals surface area contributed by atoms with E-state index in [-0.39, 0.29) is 5.92 Å². The van der Waals surface area contributed by atoms with Crippen molar-refractivity contribution in [1.82, 2.24) is 21.3 Å². The number of nitrogens with one attached hydrogen (secondary N) is 3. The fraction of sp³-hybridized carbons (Fsp3) is 0.632. The van der Waals surface area contributed by atoms with Gasteiger partial charge in [0.1, 0.15) is 0 Å². The highest BCUT2D eigenvalue weighted by Crippen LogP contribution is 2.29. The minimum atomic E-state index is 0.200. The van der Waals surface area contributed by atoms with Crippen LogP contribution in [0.4, 0.5) is 0 Å². The molecule has 2 aliphatic heterocycles. The number of rotatable bonds is 3. The van der Waals surface area contributed by atoms with Gasteiger partial charge >= 0.3 is 0 Å². The Morgan fingerprint density at radius 1 is 1.00 bits per heavy atom. The number of benzene rings is 1. The minimum absolute atomic E-state index is 0.200. The lowest BCUT2D eigenvalue weighted by Gasteiger charge is -2.37. The fourth-order valence-electron chi connectivity index (χ4n) is 4.52. The molecule has 3 unspecified atom stereocenters. The van der Waals surface area contributed by atoms with Crippen LogP contribution in [0.2, 0.25) is 0 Å². The average molecular weight is 328 g/mol. The van der Waals surface area contributed by atoms with Gasteiger partial charge in [-0.2, -0.15) is 5.53 Å². The fourth-order valence-corrected chi connectivity index (χ4v) is 4.52. The van der Waals surface area contributed by atoms with Gasteiger partial charge in [-0.25, -0.2) is 10.9 Å². The Labute approximate surface area is 144 Å². The van der Waals surface area contributed by atoms with Crippen LogP contribution < -0.4 is 16.4 Å². The second kappa shape index (κ2) is 7.21. The highest BCUT2D eigenvalue weighted by Gasteiger charge is 2.38. The van der Waals surface area contributed by atoms with Gasteiger partial charge in [-0.1, -0.05) is 30.3 Å². The molecule has 4 rings (SSSR count). The molecule has 2 saturated heterocycles. The van der Waals surface area contributed by atoms with E-state index in [1.54, 1.807) is 0 Å². The van der Waals surface area contributed by atoms with E-state index in [9.17, 15) is 4.79 Å². The van der Waals surface area contributed by atoms with Crippen molar-refractivity contribution in [1.29, 1.82) is 0 Å². The summed E-state index contributed by atoms with van der Waals surface area (Å²) in [4.78, 5) is 15.0. The lowest BCUT2D eigenvalue weighted by Crippen LogP contribution is -2.47. The zero-order chi connectivity index (χ0) is 16.4. The van der Waals surface area contributed by atoms with Crippen LogP contribution in [0.1, 0.15) is 37.7 Å². The van der Waals surface area contributed by atoms with Crippen molar-refractivity contribution in [2.24, 2.45) is 11.8 Å². The first kappa shape index (κ1) is 16.1. The summed E-state index contributed by atoms with van der Waals surface area (Å²) >= 11 is 0. The number of nitrogens with zero attached hydrogens (tertiary/aromatic N) is 1. The van der Waals surface area contributed by atoms with Crippen LogP contribution in [-0.2, 0) is 11.2 Å². The Kier molecular flexibility index (Phi) is 4.83. The number of fused-ring (bicyclic) bond motifs is 1. The molecule has 24 heavy (non-hydrogen) atoms. The van der Waals surface area contributed by atoms with Gasteiger partial charge in [0.05, 0.1) is 0 Å². The first-order chi connectivity index (χ1) is 11.8. The van der Waals surface area contributed by atoms with Crippen LogP contribution in [-0.4, -0.2) is 36.0 Å². The van der Waals surface area contributed by atoms with E-state index in [2.05, 4.69) is 51.6 Å². The summed E-state index contributed by atoms with van der Waals surface area (Å²) in [6, 6.07) is 11.6. The van der Waals surface area contributed by atoms with Crippen molar-refractivity contribution < 1.29 is 4.79 Å². The van der Waals surface area contributed by atoms with Crippen LogP contribution >= 0.6 is 0 Å². The number of hydrazine groups is 2. The standard InChI is InChI=1S/C19H28N4O/c24-19(16-6-7-17-18(13-16)21-22-20-17)23-10-8-15(9-11-23)12-14-4-2-1-3-5-14/h1-5,15-18,20-22H,6-13H2. The molecule has 3 fully saturated rings. The molecule has 0 spiro atoms. The van der Waals surface area contributed by atoms with E-state index in [4.69, 9.17) is 0 Å². The van der Waals surface area contributed by atoms with Crippen molar-refractivity contribution in [3.8, 4) is 0 Å². The molecule has 2 heterocycles. The maximum Gasteiger partial charge on any atom is 0.225 e. The smallest absolute Gasteiger partial charge is 0.225 e. The predicted octanol–water partition coefficient (Wildman–Crippen LogP) is 1.62. The summed E-state index contributed by atoms with van der Waals surface area (Å²) in [5.74, 6) is 1.31. The zero-order valence-electron chi connectivity index (χ0n) is 14.2. The third-order valence-electron chi connectivity index (χ3n) is 6.01. The summed E-state index contributed by atoms with van der Waals surface area (Å²) < 4.78 is 0. The molecule has 5 heteroatoms. The quantitative estimate of drug-likeness (QED) is 0.789. The number of carbonyl (C=O) groups is 1. The monoisotopic (exact) mass is 328 g/mol. The highest BCUT2D eigenvalue weighted by molar-refractivity contribution is 5.79. The minimum Gasteiger partial charge on any atom is -0.342 e. The van der Waals surface area contributed by atoms with Gasteiger partial charge in [0.25, 0.3) is 0 Å². The normalized spacial score (nSPS) is 31.0. The molecular formula is C19H28N4O. The van der Waals surface area contributed by atoms with Crippen LogP contribution in [0.25, 0.3) is 0 Å². The molecule has 1 aromatic carbocycles. The molecule has 3 atom stereocenters. The Balaban J connectivity index is 1.27. The summed E-state index contributed by atoms with van der Waals surface area (Å²) in [7, 11) is 0. The summed E-state index contributed by atoms with van der Waals surface area (Å²) in [5.41, 5.74) is 10.9. The lowest BCUT2D eigenvalue weighted by molar-refractivity contribution is -0.138. The first-order valence-corrected chi connectivity index (χ1v) is 9.38. The maximum atomic E-state index is 12.9. The maximum absolute atomic E-state index is 12.9. The highest BCUT2D eigenvalue weighted by atomic mass is 16.2. The third-order valence-corrected chi connectivity index (χ3v) is 6.01. The predicted molar refractivity (Wildman–Crippen MR) is 93.8 cm³/mol. The molecule has 1 saturated carbocycles. The molecule has 3 aliphatic rings. The van der Waals surface area contributed by atoms with Crippen molar-refractivity contribution in [3.05, 3.63) is 35.9 Å². The van der Waals surface area contributed by atoms with E-state index in [0.717, 1.165) is 57.5 Å². The van der Waals surface area contributed by atoms with E-state index in [1.165, 1.54) is 5.56 Å². The first-order valence-electron chi connectivity index (χ1n) is 9.38. The molecular weight excluding hydrogens is 300 g/mol. The lowest BCUT2D eigenvalue weighted by atomic mass is 9.81. The van der Waals surface area contributed by atoms with Gasteiger partial charge in [0, 0.05) is 31.1 Å². The van der Waals surface area contributed by atoms with Gasteiger partial charge in [0.15, 0.2) is 0 Å². The molecule has 3 N–H and O–H groups in total. The summed E-state index contributed by atoms with van der Waals surface area (Å²) in [6.45, 7) is 1.87. The van der Waals surface area contributed by atoms with E-state index < -0.39 is 0 Å². The number of likely N-dealkylation sites (tertiary alicyclic amines) is 1. The summed E-state index contributed by atoms with van der Waals surface area (Å²) in [5, 5.41) is 0. The molecule has 1 aromatic rings. The molecule has 130 valence electrons. The number of carbonyl (C=O) groups excluding carboxylic acids is 1. The van der Waals surface area contributed by atoms with E-state index >= 15 is 0 Å². The van der Waals surface area contributed by atoms with Gasteiger partial charge in [0.2, 0.25) is 5.91 Å².